The Kier molecular flexibility index (Phi) is 4.04. The molecule has 0 aromatic carbocycles. The first-order valence-electron chi connectivity index (χ1n) is 5.15. The Morgan fingerprint density at radius 1 is 1.60 bits per heavy atom. The van der Waals surface area contributed by atoms with Crippen LogP contribution in [0.3, 0.4) is 0 Å². The lowest BCUT2D eigenvalue weighted by Crippen LogP contribution is -2.46. The highest BCUT2D eigenvalue weighted by Gasteiger charge is 2.32. The summed E-state index contributed by atoms with van der Waals surface area (Å²) in [5, 5.41) is 0. The smallest absolute Gasteiger partial charge is 0.252 e. The van der Waals surface area contributed by atoms with Crippen LogP contribution in [0.25, 0.3) is 0 Å². The van der Waals surface area contributed by atoms with Crippen LogP contribution in [0.1, 0.15) is 26.7 Å². The SMILES string of the molecule is CC1CCC(C(=O)N(C)C(C)C(N)=S)O1. The van der Waals surface area contributed by atoms with Gasteiger partial charge >= 0.3 is 0 Å². The average molecular weight is 230 g/mol. The second-order valence-corrected chi connectivity index (χ2v) is 4.51. The van der Waals surface area contributed by atoms with Crippen molar-refractivity contribution in [3.8, 4) is 0 Å². The van der Waals surface area contributed by atoms with Gasteiger partial charge in [0.05, 0.1) is 17.1 Å². The Morgan fingerprint density at radius 3 is 2.60 bits per heavy atom. The van der Waals surface area contributed by atoms with E-state index in [0.29, 0.717) is 4.99 Å². The molecular weight excluding hydrogens is 212 g/mol. The van der Waals surface area contributed by atoms with Crippen molar-refractivity contribution >= 4 is 23.1 Å². The Morgan fingerprint density at radius 2 is 2.20 bits per heavy atom. The molecule has 3 atom stereocenters. The molecule has 0 aromatic rings. The third-order valence-electron chi connectivity index (χ3n) is 2.85. The van der Waals surface area contributed by atoms with Gasteiger partial charge in [-0.25, -0.2) is 0 Å². The molecule has 1 aliphatic heterocycles. The summed E-state index contributed by atoms with van der Waals surface area (Å²) in [5.74, 6) is -0.0281. The quantitative estimate of drug-likeness (QED) is 0.725. The minimum absolute atomic E-state index is 0.0281. The van der Waals surface area contributed by atoms with Crippen molar-refractivity contribution in [1.29, 1.82) is 0 Å². The van der Waals surface area contributed by atoms with Crippen molar-refractivity contribution in [3.05, 3.63) is 0 Å². The molecule has 2 N–H and O–H groups in total. The molecule has 1 amide bonds. The number of carbonyl (C=O) groups excluding carboxylic acids is 1. The van der Waals surface area contributed by atoms with Gasteiger partial charge in [-0.15, -0.1) is 0 Å². The highest BCUT2D eigenvalue weighted by Crippen LogP contribution is 2.21. The number of rotatable bonds is 3. The summed E-state index contributed by atoms with van der Waals surface area (Å²) in [6, 6.07) is -0.216. The third kappa shape index (κ3) is 2.89. The van der Waals surface area contributed by atoms with Gasteiger partial charge in [-0.3, -0.25) is 4.79 Å². The Bertz CT molecular complexity index is 270. The largest absolute Gasteiger partial charge is 0.392 e. The van der Waals surface area contributed by atoms with E-state index in [1.807, 2.05) is 13.8 Å². The maximum absolute atomic E-state index is 11.9. The van der Waals surface area contributed by atoms with Crippen molar-refractivity contribution in [2.45, 2.75) is 44.9 Å². The third-order valence-corrected chi connectivity index (χ3v) is 3.19. The predicted molar refractivity (Wildman–Crippen MR) is 62.6 cm³/mol. The van der Waals surface area contributed by atoms with E-state index in [-0.39, 0.29) is 24.2 Å². The minimum Gasteiger partial charge on any atom is -0.392 e. The molecule has 5 heteroatoms. The van der Waals surface area contributed by atoms with Crippen molar-refractivity contribution in [1.82, 2.24) is 4.90 Å². The Labute approximate surface area is 95.8 Å². The summed E-state index contributed by atoms with van der Waals surface area (Å²) < 4.78 is 5.50. The molecule has 0 radical (unpaired) electrons. The van der Waals surface area contributed by atoms with Crippen LogP contribution in [0.15, 0.2) is 0 Å². The van der Waals surface area contributed by atoms with E-state index in [1.165, 1.54) is 0 Å². The summed E-state index contributed by atoms with van der Waals surface area (Å²) in [5.41, 5.74) is 5.50. The number of carbonyl (C=O) groups is 1. The van der Waals surface area contributed by atoms with Gasteiger partial charge in [-0.2, -0.15) is 0 Å². The fourth-order valence-corrected chi connectivity index (χ4v) is 1.75. The molecule has 1 aliphatic rings. The zero-order valence-electron chi connectivity index (χ0n) is 9.40. The van der Waals surface area contributed by atoms with E-state index < -0.39 is 0 Å². The van der Waals surface area contributed by atoms with Crippen LogP contribution < -0.4 is 5.73 Å². The molecule has 1 heterocycles. The van der Waals surface area contributed by atoms with Gasteiger partial charge in [-0.05, 0) is 26.7 Å². The van der Waals surface area contributed by atoms with Gasteiger partial charge in [0.25, 0.3) is 5.91 Å². The summed E-state index contributed by atoms with van der Waals surface area (Å²) in [7, 11) is 1.71. The monoisotopic (exact) mass is 230 g/mol. The summed E-state index contributed by atoms with van der Waals surface area (Å²) in [6.07, 6.45) is 1.58. The number of hydrogen-bond acceptors (Lipinski definition) is 3. The van der Waals surface area contributed by atoms with Crippen LogP contribution >= 0.6 is 12.2 Å². The van der Waals surface area contributed by atoms with E-state index in [9.17, 15) is 4.79 Å². The van der Waals surface area contributed by atoms with Gasteiger partial charge < -0.3 is 15.4 Å². The molecule has 1 fully saturated rings. The standard InChI is InChI=1S/C10H18N2O2S/c1-6-4-5-8(14-6)10(13)12(3)7(2)9(11)15/h6-8H,4-5H2,1-3H3,(H2,11,15). The van der Waals surface area contributed by atoms with Crippen molar-refractivity contribution in [2.24, 2.45) is 5.73 Å². The van der Waals surface area contributed by atoms with E-state index in [1.54, 1.807) is 11.9 Å². The fourth-order valence-electron chi connectivity index (χ4n) is 1.59. The molecule has 0 aromatic heterocycles. The maximum atomic E-state index is 11.9. The molecule has 3 unspecified atom stereocenters. The molecule has 0 saturated carbocycles. The lowest BCUT2D eigenvalue weighted by molar-refractivity contribution is -0.141. The number of ether oxygens (including phenoxy) is 1. The Balaban J connectivity index is 2.56. The molecule has 0 aliphatic carbocycles. The fraction of sp³-hybridized carbons (Fsp3) is 0.800. The number of nitrogens with zero attached hydrogens (tertiary/aromatic N) is 1. The summed E-state index contributed by atoms with van der Waals surface area (Å²) >= 11 is 4.85. The van der Waals surface area contributed by atoms with Gasteiger partial charge in [0.1, 0.15) is 6.10 Å². The molecule has 0 spiro atoms. The van der Waals surface area contributed by atoms with E-state index >= 15 is 0 Å². The van der Waals surface area contributed by atoms with Gasteiger partial charge in [0, 0.05) is 7.05 Å². The van der Waals surface area contributed by atoms with Crippen LogP contribution in [0.4, 0.5) is 0 Å². The summed E-state index contributed by atoms with van der Waals surface area (Å²) in [6.45, 7) is 3.79. The molecular formula is C10H18N2O2S. The van der Waals surface area contributed by atoms with Crippen molar-refractivity contribution < 1.29 is 9.53 Å². The molecule has 15 heavy (non-hydrogen) atoms. The number of likely N-dealkylation sites (N-methyl/N-ethyl adjacent to an activating group) is 1. The van der Waals surface area contributed by atoms with Crippen LogP contribution in [0.2, 0.25) is 0 Å². The van der Waals surface area contributed by atoms with Crippen LogP contribution in [0.5, 0.6) is 0 Å². The average Bonchev–Trinajstić information content (AvgIpc) is 2.61. The number of nitrogens with two attached hydrogens (primary N) is 1. The molecule has 1 saturated heterocycles. The molecule has 86 valence electrons. The normalized spacial score (nSPS) is 27.4. The first kappa shape index (κ1) is 12.4. The summed E-state index contributed by atoms with van der Waals surface area (Å²) in [4.78, 5) is 13.8. The van der Waals surface area contributed by atoms with Crippen LogP contribution in [-0.2, 0) is 9.53 Å². The number of thiocarbonyl (C=S) groups is 1. The zero-order valence-corrected chi connectivity index (χ0v) is 10.2. The highest BCUT2D eigenvalue weighted by atomic mass is 32.1. The zero-order chi connectivity index (χ0) is 11.6. The van der Waals surface area contributed by atoms with Gasteiger partial charge in [0.15, 0.2) is 0 Å². The van der Waals surface area contributed by atoms with Crippen molar-refractivity contribution in [3.63, 3.8) is 0 Å². The Hall–Kier alpha value is -0.680. The van der Waals surface area contributed by atoms with E-state index in [2.05, 4.69) is 0 Å². The van der Waals surface area contributed by atoms with Gasteiger partial charge in [0.2, 0.25) is 0 Å². The van der Waals surface area contributed by atoms with E-state index in [4.69, 9.17) is 22.7 Å². The molecule has 1 rings (SSSR count). The van der Waals surface area contributed by atoms with E-state index in [0.717, 1.165) is 12.8 Å². The first-order valence-corrected chi connectivity index (χ1v) is 5.55. The lowest BCUT2D eigenvalue weighted by Gasteiger charge is -2.26. The first-order chi connectivity index (χ1) is 6.93. The number of amides is 1. The van der Waals surface area contributed by atoms with Crippen LogP contribution in [-0.4, -0.2) is 41.1 Å². The molecule has 4 nitrogen and oxygen atoms in total. The maximum Gasteiger partial charge on any atom is 0.252 e. The second-order valence-electron chi connectivity index (χ2n) is 4.04. The number of hydrogen-bond donors (Lipinski definition) is 1. The highest BCUT2D eigenvalue weighted by molar-refractivity contribution is 7.80. The minimum atomic E-state index is -0.318. The van der Waals surface area contributed by atoms with Crippen LogP contribution in [0, 0.1) is 0 Å². The van der Waals surface area contributed by atoms with Crippen molar-refractivity contribution in [2.75, 3.05) is 7.05 Å². The van der Waals surface area contributed by atoms with Gasteiger partial charge in [-0.1, -0.05) is 12.2 Å². The lowest BCUT2D eigenvalue weighted by atomic mass is 10.1. The second kappa shape index (κ2) is 4.90. The topological polar surface area (TPSA) is 55.6 Å². The molecule has 0 bridgehead atoms. The predicted octanol–water partition coefficient (Wildman–Crippen LogP) is 0.687.